The molecular weight excluding hydrogens is 262 g/mol. The SMILES string of the molecule is CC=Cc1ccccc1OCc1ccc(CNC(C)C)o1. The van der Waals surface area contributed by atoms with E-state index in [-0.39, 0.29) is 0 Å². The quantitative estimate of drug-likeness (QED) is 0.819. The number of hydrogen-bond acceptors (Lipinski definition) is 3. The van der Waals surface area contributed by atoms with Crippen LogP contribution in [-0.4, -0.2) is 6.04 Å². The maximum Gasteiger partial charge on any atom is 0.146 e. The van der Waals surface area contributed by atoms with Gasteiger partial charge in [-0.2, -0.15) is 0 Å². The van der Waals surface area contributed by atoms with Gasteiger partial charge in [-0.1, -0.05) is 44.2 Å². The van der Waals surface area contributed by atoms with Gasteiger partial charge in [0.1, 0.15) is 23.9 Å². The van der Waals surface area contributed by atoms with Gasteiger partial charge in [-0.15, -0.1) is 0 Å². The molecule has 0 unspecified atom stereocenters. The Morgan fingerprint density at radius 3 is 2.67 bits per heavy atom. The highest BCUT2D eigenvalue weighted by Gasteiger charge is 2.05. The smallest absolute Gasteiger partial charge is 0.146 e. The highest BCUT2D eigenvalue weighted by atomic mass is 16.5. The summed E-state index contributed by atoms with van der Waals surface area (Å²) in [4.78, 5) is 0. The molecule has 112 valence electrons. The lowest BCUT2D eigenvalue weighted by atomic mass is 10.2. The first-order chi connectivity index (χ1) is 10.2. The first-order valence-electron chi connectivity index (χ1n) is 7.34. The van der Waals surface area contributed by atoms with Gasteiger partial charge < -0.3 is 14.5 Å². The zero-order valence-electron chi connectivity index (χ0n) is 12.9. The highest BCUT2D eigenvalue weighted by molar-refractivity contribution is 5.56. The fraction of sp³-hybridized carbons (Fsp3) is 0.333. The number of para-hydroxylation sites is 1. The molecule has 0 aliphatic heterocycles. The van der Waals surface area contributed by atoms with Crippen LogP contribution < -0.4 is 10.1 Å². The van der Waals surface area contributed by atoms with Gasteiger partial charge in [-0.25, -0.2) is 0 Å². The van der Waals surface area contributed by atoms with Crippen LogP contribution in [-0.2, 0) is 13.2 Å². The van der Waals surface area contributed by atoms with Crippen molar-refractivity contribution in [3.05, 3.63) is 59.6 Å². The number of ether oxygens (including phenoxy) is 1. The summed E-state index contributed by atoms with van der Waals surface area (Å²) in [7, 11) is 0. The summed E-state index contributed by atoms with van der Waals surface area (Å²) >= 11 is 0. The van der Waals surface area contributed by atoms with Crippen LogP contribution in [0, 0.1) is 0 Å². The van der Waals surface area contributed by atoms with Crippen LogP contribution in [0.2, 0.25) is 0 Å². The largest absolute Gasteiger partial charge is 0.485 e. The molecule has 0 spiro atoms. The van der Waals surface area contributed by atoms with Crippen molar-refractivity contribution in [3.8, 4) is 5.75 Å². The monoisotopic (exact) mass is 285 g/mol. The van der Waals surface area contributed by atoms with Gasteiger partial charge in [0.25, 0.3) is 0 Å². The lowest BCUT2D eigenvalue weighted by molar-refractivity contribution is 0.264. The normalized spacial score (nSPS) is 11.4. The molecule has 1 aromatic heterocycles. The van der Waals surface area contributed by atoms with E-state index in [1.165, 1.54) is 0 Å². The van der Waals surface area contributed by atoms with E-state index in [4.69, 9.17) is 9.15 Å². The molecule has 2 aromatic rings. The molecule has 0 atom stereocenters. The second kappa shape index (κ2) is 7.70. The van der Waals surface area contributed by atoms with E-state index in [1.54, 1.807) is 0 Å². The maximum absolute atomic E-state index is 5.85. The van der Waals surface area contributed by atoms with Crippen molar-refractivity contribution in [1.29, 1.82) is 0 Å². The predicted molar refractivity (Wildman–Crippen MR) is 86.2 cm³/mol. The summed E-state index contributed by atoms with van der Waals surface area (Å²) < 4.78 is 11.6. The summed E-state index contributed by atoms with van der Waals surface area (Å²) in [6, 6.07) is 12.4. The molecule has 0 fully saturated rings. The van der Waals surface area contributed by atoms with E-state index >= 15 is 0 Å². The van der Waals surface area contributed by atoms with Crippen molar-refractivity contribution in [2.24, 2.45) is 0 Å². The zero-order chi connectivity index (χ0) is 15.1. The molecule has 3 nitrogen and oxygen atoms in total. The second-order valence-corrected chi connectivity index (χ2v) is 5.23. The van der Waals surface area contributed by atoms with Crippen LogP contribution in [0.4, 0.5) is 0 Å². The van der Waals surface area contributed by atoms with Crippen LogP contribution >= 0.6 is 0 Å². The van der Waals surface area contributed by atoms with E-state index in [9.17, 15) is 0 Å². The Hall–Kier alpha value is -2.00. The predicted octanol–water partition coefficient (Wildman–Crippen LogP) is 4.39. The summed E-state index contributed by atoms with van der Waals surface area (Å²) in [5.74, 6) is 2.64. The summed E-state index contributed by atoms with van der Waals surface area (Å²) in [6.07, 6.45) is 4.04. The Balaban J connectivity index is 1.94. The topological polar surface area (TPSA) is 34.4 Å². The molecule has 0 saturated heterocycles. The molecule has 0 bridgehead atoms. The Morgan fingerprint density at radius 1 is 1.14 bits per heavy atom. The third kappa shape index (κ3) is 4.80. The average molecular weight is 285 g/mol. The summed E-state index contributed by atoms with van der Waals surface area (Å²) in [6.45, 7) is 7.41. The van der Waals surface area contributed by atoms with E-state index < -0.39 is 0 Å². The Bertz CT molecular complexity index is 584. The van der Waals surface area contributed by atoms with E-state index in [2.05, 4.69) is 19.2 Å². The van der Waals surface area contributed by atoms with Gasteiger partial charge >= 0.3 is 0 Å². The van der Waals surface area contributed by atoms with Crippen LogP contribution in [0.1, 0.15) is 37.9 Å². The van der Waals surface area contributed by atoms with Gasteiger partial charge in [0.2, 0.25) is 0 Å². The van der Waals surface area contributed by atoms with Gasteiger partial charge in [0.05, 0.1) is 6.54 Å². The van der Waals surface area contributed by atoms with Gasteiger partial charge in [-0.05, 0) is 25.1 Å². The zero-order valence-corrected chi connectivity index (χ0v) is 12.9. The van der Waals surface area contributed by atoms with E-state index in [0.29, 0.717) is 12.6 Å². The maximum atomic E-state index is 5.85. The summed E-state index contributed by atoms with van der Waals surface area (Å²) in [5, 5.41) is 3.33. The molecule has 0 radical (unpaired) electrons. The molecule has 1 N–H and O–H groups in total. The molecule has 3 heteroatoms. The van der Waals surface area contributed by atoms with Crippen molar-refractivity contribution >= 4 is 6.08 Å². The van der Waals surface area contributed by atoms with Crippen molar-refractivity contribution in [2.45, 2.75) is 40.0 Å². The minimum Gasteiger partial charge on any atom is -0.485 e. The van der Waals surface area contributed by atoms with Crippen molar-refractivity contribution in [2.75, 3.05) is 0 Å². The number of nitrogens with one attached hydrogen (secondary N) is 1. The molecule has 0 saturated carbocycles. The second-order valence-electron chi connectivity index (χ2n) is 5.23. The number of benzene rings is 1. The first-order valence-corrected chi connectivity index (χ1v) is 7.34. The Kier molecular flexibility index (Phi) is 5.64. The minimum absolute atomic E-state index is 0.441. The minimum atomic E-state index is 0.441. The van der Waals surface area contributed by atoms with Crippen LogP contribution in [0.5, 0.6) is 5.75 Å². The molecule has 0 aliphatic rings. The van der Waals surface area contributed by atoms with Crippen molar-refractivity contribution in [3.63, 3.8) is 0 Å². The van der Waals surface area contributed by atoms with Gasteiger partial charge in [-0.3, -0.25) is 0 Å². The fourth-order valence-electron chi connectivity index (χ4n) is 1.98. The Morgan fingerprint density at radius 2 is 1.90 bits per heavy atom. The first kappa shape index (κ1) is 15.4. The number of allylic oxidation sites excluding steroid dienone is 1. The van der Waals surface area contributed by atoms with Crippen molar-refractivity contribution < 1.29 is 9.15 Å². The molecule has 1 aromatic carbocycles. The molecule has 1 heterocycles. The fourth-order valence-corrected chi connectivity index (χ4v) is 1.98. The van der Waals surface area contributed by atoms with Gasteiger partial charge in [0.15, 0.2) is 0 Å². The van der Waals surface area contributed by atoms with Gasteiger partial charge in [0, 0.05) is 11.6 Å². The third-order valence-corrected chi connectivity index (χ3v) is 3.04. The number of hydrogen-bond donors (Lipinski definition) is 1. The van der Waals surface area contributed by atoms with Crippen LogP contribution in [0.3, 0.4) is 0 Å². The van der Waals surface area contributed by atoms with Crippen molar-refractivity contribution in [1.82, 2.24) is 5.32 Å². The summed E-state index contributed by atoms with van der Waals surface area (Å²) in [5.41, 5.74) is 1.08. The molecule has 2 rings (SSSR count). The third-order valence-electron chi connectivity index (χ3n) is 3.04. The molecular formula is C18H23NO2. The van der Waals surface area contributed by atoms with E-state index in [1.807, 2.05) is 55.5 Å². The van der Waals surface area contributed by atoms with Crippen LogP contribution in [0.15, 0.2) is 46.9 Å². The molecule has 0 aliphatic carbocycles. The molecule has 0 amide bonds. The lowest BCUT2D eigenvalue weighted by Crippen LogP contribution is -2.21. The Labute approximate surface area is 126 Å². The lowest BCUT2D eigenvalue weighted by Gasteiger charge is -2.08. The number of rotatable bonds is 7. The highest BCUT2D eigenvalue weighted by Crippen LogP contribution is 2.21. The standard InChI is InChI=1S/C18H23NO2/c1-4-7-15-8-5-6-9-18(15)20-13-17-11-10-16(21-17)12-19-14(2)3/h4-11,14,19H,12-13H2,1-3H3. The van der Waals surface area contributed by atoms with Crippen LogP contribution in [0.25, 0.3) is 6.08 Å². The number of furan rings is 1. The van der Waals surface area contributed by atoms with E-state index in [0.717, 1.165) is 29.4 Å². The average Bonchev–Trinajstić information content (AvgIpc) is 2.92. The molecule has 21 heavy (non-hydrogen) atoms.